The Balaban J connectivity index is 2.93. The molecule has 0 heterocycles. The Morgan fingerprint density at radius 1 is 0.594 bits per heavy atom. The molecule has 0 aliphatic carbocycles. The molecule has 1 aromatic rings. The highest BCUT2D eigenvalue weighted by atomic mass is 27.2. The summed E-state index contributed by atoms with van der Waals surface area (Å²) in [7, 11) is 0. The van der Waals surface area contributed by atoms with Crippen LogP contribution in [0.4, 0.5) is 0 Å². The molecule has 2 heteroatoms. The van der Waals surface area contributed by atoms with E-state index in [0.717, 1.165) is 0 Å². The predicted octanol–water partition coefficient (Wildman–Crippen LogP) is 10.4. The maximum atomic E-state index is 7.12. The van der Waals surface area contributed by atoms with Crippen LogP contribution >= 0.6 is 0 Å². The third-order valence-electron chi connectivity index (χ3n) is 6.67. The van der Waals surface area contributed by atoms with Crippen molar-refractivity contribution in [3.63, 3.8) is 0 Å². The molecule has 0 bridgehead atoms. The van der Waals surface area contributed by atoms with Gasteiger partial charge in [-0.25, -0.2) is 0 Å². The smallest absolute Gasteiger partial charge is 0.546 e. The molecule has 184 valence electrons. The van der Waals surface area contributed by atoms with E-state index in [1.54, 1.807) is 0 Å². The van der Waals surface area contributed by atoms with Crippen molar-refractivity contribution in [1.29, 1.82) is 0 Å². The highest BCUT2D eigenvalue weighted by Crippen LogP contribution is 2.40. The van der Waals surface area contributed by atoms with Crippen molar-refractivity contribution in [2.45, 2.75) is 154 Å². The molecule has 0 spiro atoms. The summed E-state index contributed by atoms with van der Waals surface area (Å²) >= 11 is -1.28. The second-order valence-corrected chi connectivity index (χ2v) is 14.7. The van der Waals surface area contributed by atoms with Crippen LogP contribution in [0.1, 0.15) is 144 Å². The second kappa shape index (κ2) is 15.5. The first kappa shape index (κ1) is 29.6. The van der Waals surface area contributed by atoms with Crippen LogP contribution in [-0.4, -0.2) is 14.5 Å². The van der Waals surface area contributed by atoms with E-state index in [2.05, 4.69) is 73.6 Å². The molecular formula is C30H55AlO. The molecule has 0 saturated heterocycles. The van der Waals surface area contributed by atoms with Gasteiger partial charge in [0, 0.05) is 0 Å². The van der Waals surface area contributed by atoms with Crippen molar-refractivity contribution in [2.24, 2.45) is 0 Å². The summed E-state index contributed by atoms with van der Waals surface area (Å²) < 4.78 is 7.12. The molecule has 0 aliphatic rings. The fourth-order valence-corrected chi connectivity index (χ4v) is 7.18. The Kier molecular flexibility index (Phi) is 14.3. The van der Waals surface area contributed by atoms with Gasteiger partial charge in [0.2, 0.25) is 0 Å². The average molecular weight is 459 g/mol. The van der Waals surface area contributed by atoms with Crippen LogP contribution < -0.4 is 3.79 Å². The van der Waals surface area contributed by atoms with E-state index in [-0.39, 0.29) is 10.8 Å². The summed E-state index contributed by atoms with van der Waals surface area (Å²) in [6.45, 7) is 18.6. The number of benzene rings is 1. The SMILES string of the molecule is CCCCCCC[CH2][Al]([CH2]CCCCCCC)[O]c1c(C(C)(C)C)cccc1C(C)(C)C. The Morgan fingerprint density at radius 3 is 1.34 bits per heavy atom. The van der Waals surface area contributed by atoms with Crippen LogP contribution in [-0.2, 0) is 10.8 Å². The molecule has 0 radical (unpaired) electrons. The third-order valence-corrected chi connectivity index (χ3v) is 9.35. The quantitative estimate of drug-likeness (QED) is 0.177. The Bertz CT molecular complexity index is 560. The number of hydrogen-bond acceptors (Lipinski definition) is 1. The molecule has 0 unspecified atom stereocenters. The van der Waals surface area contributed by atoms with Crippen LogP contribution in [0, 0.1) is 0 Å². The van der Waals surface area contributed by atoms with Crippen LogP contribution in [0.3, 0.4) is 0 Å². The van der Waals surface area contributed by atoms with Gasteiger partial charge in [0.25, 0.3) is 0 Å². The summed E-state index contributed by atoms with van der Waals surface area (Å²) in [5.41, 5.74) is 3.01. The van der Waals surface area contributed by atoms with Gasteiger partial charge in [-0.05, 0) is 22.0 Å². The van der Waals surface area contributed by atoms with Crippen molar-refractivity contribution in [3.8, 4) is 5.75 Å². The summed E-state index contributed by atoms with van der Waals surface area (Å²) in [4.78, 5) is 0. The summed E-state index contributed by atoms with van der Waals surface area (Å²) in [6.07, 6.45) is 16.5. The number of para-hydroxylation sites is 1. The molecule has 0 aliphatic heterocycles. The van der Waals surface area contributed by atoms with Crippen LogP contribution in [0.15, 0.2) is 18.2 Å². The number of hydrogen-bond donors (Lipinski definition) is 0. The van der Waals surface area contributed by atoms with E-state index in [1.165, 1.54) is 104 Å². The molecule has 1 nitrogen and oxygen atoms in total. The van der Waals surface area contributed by atoms with Gasteiger partial charge in [-0.2, -0.15) is 0 Å². The van der Waals surface area contributed by atoms with E-state index in [9.17, 15) is 0 Å². The maximum Gasteiger partial charge on any atom is 0.546 e. The van der Waals surface area contributed by atoms with Gasteiger partial charge in [-0.15, -0.1) is 0 Å². The first-order chi connectivity index (χ1) is 15.1. The van der Waals surface area contributed by atoms with Crippen molar-refractivity contribution in [2.75, 3.05) is 0 Å². The van der Waals surface area contributed by atoms with E-state index in [4.69, 9.17) is 3.79 Å². The minimum absolute atomic E-state index is 0.107. The zero-order valence-electron chi connectivity index (χ0n) is 23.1. The number of rotatable bonds is 16. The molecule has 0 amide bonds. The van der Waals surface area contributed by atoms with E-state index < -0.39 is 14.5 Å². The molecule has 0 fully saturated rings. The molecule has 0 saturated carbocycles. The second-order valence-electron chi connectivity index (χ2n) is 12.0. The molecule has 32 heavy (non-hydrogen) atoms. The monoisotopic (exact) mass is 458 g/mol. The average Bonchev–Trinajstić information content (AvgIpc) is 2.71. The minimum Gasteiger partial charge on any atom is -0.642 e. The lowest BCUT2D eigenvalue weighted by Crippen LogP contribution is -2.27. The van der Waals surface area contributed by atoms with Gasteiger partial charge in [0.05, 0.1) is 5.75 Å². The largest absolute Gasteiger partial charge is 0.642 e. The van der Waals surface area contributed by atoms with Crippen LogP contribution in [0.5, 0.6) is 5.75 Å². The van der Waals surface area contributed by atoms with Gasteiger partial charge in [-0.1, -0.05) is 161 Å². The molecule has 1 rings (SSSR count). The third kappa shape index (κ3) is 11.6. The standard InChI is InChI=1S/C14H22O.2C8H17.Al/c1-13(2,3)10-8-7-9-11(12(10)15)14(4,5)6;2*1-3-5-7-8-6-4-2;/h7-9,15H,1-6H3;2*1,3-8H2,2H3;/q;;;+1/p-1. The Hall–Kier alpha value is -0.448. The van der Waals surface area contributed by atoms with Gasteiger partial charge >= 0.3 is 14.5 Å². The zero-order chi connectivity index (χ0) is 24.0. The van der Waals surface area contributed by atoms with Crippen molar-refractivity contribution < 1.29 is 3.79 Å². The highest BCUT2D eigenvalue weighted by molar-refractivity contribution is 6.52. The fraction of sp³-hybridized carbons (Fsp3) is 0.800. The van der Waals surface area contributed by atoms with Gasteiger partial charge in [-0.3, -0.25) is 0 Å². The molecule has 0 N–H and O–H groups in total. The number of unbranched alkanes of at least 4 members (excludes halogenated alkanes) is 10. The normalized spacial score (nSPS) is 12.2. The lowest BCUT2D eigenvalue weighted by atomic mass is 9.80. The van der Waals surface area contributed by atoms with Crippen LogP contribution in [0.2, 0.25) is 10.6 Å². The molecular weight excluding hydrogens is 403 g/mol. The van der Waals surface area contributed by atoms with Crippen LogP contribution in [0.25, 0.3) is 0 Å². The topological polar surface area (TPSA) is 9.23 Å². The van der Waals surface area contributed by atoms with Gasteiger partial charge < -0.3 is 3.79 Å². The molecule has 1 aromatic carbocycles. The maximum absolute atomic E-state index is 7.12. The Morgan fingerprint density at radius 2 is 0.969 bits per heavy atom. The first-order valence-corrected chi connectivity index (χ1v) is 16.0. The summed E-state index contributed by atoms with van der Waals surface area (Å²) in [5, 5.41) is 2.67. The minimum atomic E-state index is -1.28. The molecule has 0 aromatic heterocycles. The lowest BCUT2D eigenvalue weighted by Gasteiger charge is -2.32. The van der Waals surface area contributed by atoms with E-state index >= 15 is 0 Å². The van der Waals surface area contributed by atoms with Crippen molar-refractivity contribution in [3.05, 3.63) is 29.3 Å². The first-order valence-electron chi connectivity index (χ1n) is 13.9. The zero-order valence-corrected chi connectivity index (χ0v) is 24.3. The van der Waals surface area contributed by atoms with E-state index in [0.29, 0.717) is 0 Å². The molecule has 0 atom stereocenters. The highest BCUT2D eigenvalue weighted by Gasteiger charge is 2.30. The van der Waals surface area contributed by atoms with E-state index in [1.807, 2.05) is 0 Å². The fourth-order valence-electron chi connectivity index (χ4n) is 4.58. The van der Waals surface area contributed by atoms with Crippen molar-refractivity contribution in [1.82, 2.24) is 0 Å². The Labute approximate surface area is 206 Å². The van der Waals surface area contributed by atoms with Gasteiger partial charge in [0.15, 0.2) is 0 Å². The predicted molar refractivity (Wildman–Crippen MR) is 147 cm³/mol. The summed E-state index contributed by atoms with van der Waals surface area (Å²) in [5.74, 6) is 1.24. The van der Waals surface area contributed by atoms with Gasteiger partial charge in [0.1, 0.15) is 0 Å². The summed E-state index contributed by atoms with van der Waals surface area (Å²) in [6, 6.07) is 6.86. The van der Waals surface area contributed by atoms with Crippen molar-refractivity contribution >= 4 is 14.5 Å². The lowest BCUT2D eigenvalue weighted by molar-refractivity contribution is 0.475.